The number of nitrogens with zero attached hydrogens (tertiary/aromatic N) is 2. The van der Waals surface area contributed by atoms with Gasteiger partial charge in [0, 0.05) is 5.69 Å². The van der Waals surface area contributed by atoms with E-state index < -0.39 is 4.92 Å². The average Bonchev–Trinajstić information content (AvgIpc) is 2.59. The van der Waals surface area contributed by atoms with Crippen LogP contribution in [0.2, 0.25) is 0 Å². The Balaban J connectivity index is 2.80. The zero-order chi connectivity index (χ0) is 11.0. The Morgan fingerprint density at radius 2 is 2.33 bits per heavy atom. The summed E-state index contributed by atoms with van der Waals surface area (Å²) in [5.74, 6) is 0.373. The summed E-state index contributed by atoms with van der Waals surface area (Å²) < 4.78 is 5.04. The second-order valence-electron chi connectivity index (χ2n) is 3.13. The number of aromatic amines is 1. The molecule has 1 N–H and O–H groups in total. The quantitative estimate of drug-likeness (QED) is 0.601. The first kappa shape index (κ1) is 9.45. The van der Waals surface area contributed by atoms with E-state index in [1.54, 1.807) is 13.0 Å². The van der Waals surface area contributed by atoms with Gasteiger partial charge in [0.25, 0.3) is 5.69 Å². The SMILES string of the molecule is COc1nc(C)cc2c([N+](=O)[O-])c[nH]c12. The maximum Gasteiger partial charge on any atom is 0.294 e. The molecule has 6 heteroatoms. The number of methoxy groups -OCH3 is 1. The number of aryl methyl sites for hydroxylation is 1. The van der Waals surface area contributed by atoms with E-state index in [1.807, 2.05) is 0 Å². The fraction of sp³-hybridized carbons (Fsp3) is 0.222. The fourth-order valence-electron chi connectivity index (χ4n) is 1.50. The number of aromatic nitrogens is 2. The van der Waals surface area contributed by atoms with Crippen molar-refractivity contribution in [2.75, 3.05) is 7.11 Å². The lowest BCUT2D eigenvalue weighted by atomic mass is 10.2. The first-order chi connectivity index (χ1) is 7.13. The number of nitro groups is 1. The Hall–Kier alpha value is -2.11. The van der Waals surface area contributed by atoms with E-state index in [9.17, 15) is 10.1 Å². The van der Waals surface area contributed by atoms with E-state index in [2.05, 4.69) is 9.97 Å². The number of fused-ring (bicyclic) bond motifs is 1. The van der Waals surface area contributed by atoms with E-state index in [0.29, 0.717) is 22.5 Å². The van der Waals surface area contributed by atoms with Crippen LogP contribution in [0.15, 0.2) is 12.3 Å². The highest BCUT2D eigenvalue weighted by atomic mass is 16.6. The second-order valence-corrected chi connectivity index (χ2v) is 3.13. The van der Waals surface area contributed by atoms with Crippen molar-refractivity contribution in [1.29, 1.82) is 0 Å². The Kier molecular flexibility index (Phi) is 2.03. The van der Waals surface area contributed by atoms with E-state index in [0.717, 1.165) is 0 Å². The molecule has 0 radical (unpaired) electrons. The molecule has 0 aliphatic carbocycles. The molecule has 0 saturated heterocycles. The monoisotopic (exact) mass is 207 g/mol. The fourth-order valence-corrected chi connectivity index (χ4v) is 1.50. The topological polar surface area (TPSA) is 81.1 Å². The number of H-pyrrole nitrogens is 1. The third kappa shape index (κ3) is 1.39. The van der Waals surface area contributed by atoms with Gasteiger partial charge in [-0.1, -0.05) is 0 Å². The van der Waals surface area contributed by atoms with Crippen LogP contribution in [0.25, 0.3) is 10.9 Å². The highest BCUT2D eigenvalue weighted by Gasteiger charge is 2.17. The summed E-state index contributed by atoms with van der Waals surface area (Å²) in [6.45, 7) is 1.76. The molecule has 2 aromatic heterocycles. The molecule has 2 rings (SSSR count). The molecule has 0 saturated carbocycles. The summed E-state index contributed by atoms with van der Waals surface area (Å²) in [7, 11) is 1.48. The molecule has 0 bridgehead atoms. The van der Waals surface area contributed by atoms with Crippen molar-refractivity contribution in [3.8, 4) is 5.88 Å². The van der Waals surface area contributed by atoms with Crippen molar-refractivity contribution in [2.24, 2.45) is 0 Å². The van der Waals surface area contributed by atoms with Crippen LogP contribution in [0.4, 0.5) is 5.69 Å². The molecule has 0 aliphatic rings. The van der Waals surface area contributed by atoms with Crippen LogP contribution in [-0.4, -0.2) is 22.0 Å². The molecule has 0 aliphatic heterocycles. The van der Waals surface area contributed by atoms with E-state index in [4.69, 9.17) is 4.74 Å². The van der Waals surface area contributed by atoms with Crippen molar-refractivity contribution in [2.45, 2.75) is 6.92 Å². The lowest BCUT2D eigenvalue weighted by molar-refractivity contribution is -0.383. The molecule has 2 heterocycles. The molecular formula is C9H9N3O3. The first-order valence-electron chi connectivity index (χ1n) is 4.30. The minimum atomic E-state index is -0.433. The van der Waals surface area contributed by atoms with Crippen LogP contribution in [0.1, 0.15) is 5.69 Å². The van der Waals surface area contributed by atoms with Gasteiger partial charge in [0.1, 0.15) is 5.52 Å². The molecule has 0 spiro atoms. The van der Waals surface area contributed by atoms with Crippen molar-refractivity contribution in [3.05, 3.63) is 28.1 Å². The predicted octanol–water partition coefficient (Wildman–Crippen LogP) is 1.79. The van der Waals surface area contributed by atoms with Gasteiger partial charge in [-0.2, -0.15) is 0 Å². The minimum absolute atomic E-state index is 0.0359. The lowest BCUT2D eigenvalue weighted by Gasteiger charge is -2.01. The van der Waals surface area contributed by atoms with Crippen molar-refractivity contribution in [1.82, 2.24) is 9.97 Å². The number of nitrogens with one attached hydrogen (secondary N) is 1. The summed E-state index contributed by atoms with van der Waals surface area (Å²) in [5.41, 5.74) is 1.27. The van der Waals surface area contributed by atoms with Gasteiger partial charge in [0.2, 0.25) is 5.88 Å². The average molecular weight is 207 g/mol. The van der Waals surface area contributed by atoms with Gasteiger partial charge in [-0.3, -0.25) is 10.1 Å². The van der Waals surface area contributed by atoms with Crippen molar-refractivity contribution < 1.29 is 9.66 Å². The van der Waals surface area contributed by atoms with Gasteiger partial charge in [-0.05, 0) is 13.0 Å². The van der Waals surface area contributed by atoms with Crippen LogP contribution in [0.3, 0.4) is 0 Å². The highest BCUT2D eigenvalue weighted by Crippen LogP contribution is 2.30. The third-order valence-electron chi connectivity index (χ3n) is 2.13. The maximum atomic E-state index is 10.7. The van der Waals surface area contributed by atoms with Gasteiger partial charge in [-0.15, -0.1) is 0 Å². The Morgan fingerprint density at radius 3 is 2.93 bits per heavy atom. The van der Waals surface area contributed by atoms with Gasteiger partial charge < -0.3 is 9.72 Å². The molecule has 0 fully saturated rings. The largest absolute Gasteiger partial charge is 0.479 e. The van der Waals surface area contributed by atoms with Crippen molar-refractivity contribution in [3.63, 3.8) is 0 Å². The lowest BCUT2D eigenvalue weighted by Crippen LogP contribution is -1.92. The summed E-state index contributed by atoms with van der Waals surface area (Å²) >= 11 is 0. The molecule has 0 atom stereocenters. The second kappa shape index (κ2) is 3.23. The number of pyridine rings is 1. The predicted molar refractivity (Wildman–Crippen MR) is 54.0 cm³/mol. The number of rotatable bonds is 2. The molecule has 78 valence electrons. The van der Waals surface area contributed by atoms with Gasteiger partial charge >= 0.3 is 0 Å². The summed E-state index contributed by atoms with van der Waals surface area (Å²) in [5, 5.41) is 11.2. The molecule has 6 nitrogen and oxygen atoms in total. The Labute approximate surface area is 85.0 Å². The van der Waals surface area contributed by atoms with Gasteiger partial charge in [-0.25, -0.2) is 4.98 Å². The zero-order valence-corrected chi connectivity index (χ0v) is 8.27. The van der Waals surface area contributed by atoms with E-state index in [1.165, 1.54) is 13.3 Å². The van der Waals surface area contributed by atoms with Crippen LogP contribution in [-0.2, 0) is 0 Å². The summed E-state index contributed by atoms with van der Waals surface area (Å²) in [6, 6.07) is 1.66. The Morgan fingerprint density at radius 1 is 1.60 bits per heavy atom. The van der Waals surface area contributed by atoms with Crippen LogP contribution < -0.4 is 4.74 Å². The Bertz CT molecular complexity index is 533. The van der Waals surface area contributed by atoms with Crippen LogP contribution in [0.5, 0.6) is 5.88 Å². The number of ether oxygens (including phenoxy) is 1. The smallest absolute Gasteiger partial charge is 0.294 e. The minimum Gasteiger partial charge on any atom is -0.479 e. The van der Waals surface area contributed by atoms with Gasteiger partial charge in [0.15, 0.2) is 0 Å². The summed E-state index contributed by atoms with van der Waals surface area (Å²) in [4.78, 5) is 17.2. The molecule has 0 aromatic carbocycles. The number of hydrogen-bond donors (Lipinski definition) is 1. The maximum absolute atomic E-state index is 10.7. The third-order valence-corrected chi connectivity index (χ3v) is 2.13. The normalized spacial score (nSPS) is 10.5. The standard InChI is InChI=1S/C9H9N3O3/c1-5-3-6-7(12(13)14)4-10-8(6)9(11-5)15-2/h3-4,10H,1-2H3. The molecular weight excluding hydrogens is 198 g/mol. The van der Waals surface area contributed by atoms with E-state index >= 15 is 0 Å². The van der Waals surface area contributed by atoms with E-state index in [-0.39, 0.29) is 5.69 Å². The van der Waals surface area contributed by atoms with Crippen LogP contribution >= 0.6 is 0 Å². The van der Waals surface area contributed by atoms with Crippen molar-refractivity contribution >= 4 is 16.6 Å². The zero-order valence-electron chi connectivity index (χ0n) is 8.27. The molecule has 15 heavy (non-hydrogen) atoms. The molecule has 0 amide bonds. The first-order valence-corrected chi connectivity index (χ1v) is 4.30. The molecule has 0 unspecified atom stereocenters. The highest BCUT2D eigenvalue weighted by molar-refractivity contribution is 5.92. The molecule has 2 aromatic rings. The van der Waals surface area contributed by atoms with Crippen LogP contribution in [0, 0.1) is 17.0 Å². The summed E-state index contributed by atoms with van der Waals surface area (Å²) in [6.07, 6.45) is 1.34. The van der Waals surface area contributed by atoms with Gasteiger partial charge in [0.05, 0.1) is 23.6 Å². The number of hydrogen-bond acceptors (Lipinski definition) is 4.